The Hall–Kier alpha value is -2.11. The molecule has 23 heavy (non-hydrogen) atoms. The van der Waals surface area contributed by atoms with Crippen LogP contribution in [0.4, 0.5) is 9.18 Å². The van der Waals surface area contributed by atoms with Crippen LogP contribution in [-0.4, -0.2) is 41.1 Å². The molecule has 6 heteroatoms. The van der Waals surface area contributed by atoms with Crippen LogP contribution >= 0.6 is 0 Å². The van der Waals surface area contributed by atoms with Gasteiger partial charge in [0, 0.05) is 31.0 Å². The molecule has 1 aromatic rings. The van der Waals surface area contributed by atoms with Crippen molar-refractivity contribution in [1.82, 2.24) is 10.2 Å². The Morgan fingerprint density at radius 3 is 2.65 bits per heavy atom. The van der Waals surface area contributed by atoms with Gasteiger partial charge in [-0.1, -0.05) is 6.07 Å². The Bertz CT molecular complexity index is 630. The quantitative estimate of drug-likeness (QED) is 0.899. The maximum absolute atomic E-state index is 13.4. The first-order chi connectivity index (χ1) is 11.0. The van der Waals surface area contributed by atoms with E-state index in [2.05, 4.69) is 5.32 Å². The SMILES string of the molecule is Cc1cc(F)ccc1C1CN(C(=O)O)CCC1C(=O)NC1CC1. The maximum atomic E-state index is 13.4. The lowest BCUT2D eigenvalue weighted by atomic mass is 9.78. The molecule has 0 bridgehead atoms. The van der Waals surface area contributed by atoms with Crippen LogP contribution in [0.1, 0.15) is 36.3 Å². The molecule has 2 aliphatic rings. The van der Waals surface area contributed by atoms with Crippen LogP contribution in [0.3, 0.4) is 0 Å². The number of halogens is 1. The van der Waals surface area contributed by atoms with E-state index in [9.17, 15) is 19.1 Å². The van der Waals surface area contributed by atoms with Gasteiger partial charge >= 0.3 is 6.09 Å². The van der Waals surface area contributed by atoms with Crippen molar-refractivity contribution in [1.29, 1.82) is 0 Å². The Morgan fingerprint density at radius 1 is 1.30 bits per heavy atom. The lowest BCUT2D eigenvalue weighted by molar-refractivity contribution is -0.127. The molecule has 0 aromatic heterocycles. The standard InChI is InChI=1S/C17H21FN2O3/c1-10-8-11(18)2-5-13(10)15-9-20(17(22)23)7-6-14(15)16(21)19-12-3-4-12/h2,5,8,12,14-15H,3-4,6-7,9H2,1H3,(H,19,21)(H,22,23). The van der Waals surface area contributed by atoms with Gasteiger partial charge in [0.2, 0.25) is 5.91 Å². The largest absolute Gasteiger partial charge is 0.465 e. The molecule has 1 saturated heterocycles. The molecule has 2 unspecified atom stereocenters. The number of benzene rings is 1. The fraction of sp³-hybridized carbons (Fsp3) is 0.529. The molecule has 1 aliphatic heterocycles. The summed E-state index contributed by atoms with van der Waals surface area (Å²) < 4.78 is 13.4. The predicted octanol–water partition coefficient (Wildman–Crippen LogP) is 2.50. The van der Waals surface area contributed by atoms with E-state index in [4.69, 9.17) is 0 Å². The van der Waals surface area contributed by atoms with Crippen molar-refractivity contribution in [2.75, 3.05) is 13.1 Å². The molecule has 1 heterocycles. The Morgan fingerprint density at radius 2 is 2.04 bits per heavy atom. The van der Waals surface area contributed by atoms with Crippen LogP contribution in [-0.2, 0) is 4.79 Å². The molecule has 2 amide bonds. The van der Waals surface area contributed by atoms with E-state index in [0.717, 1.165) is 24.0 Å². The molecule has 2 fully saturated rings. The van der Waals surface area contributed by atoms with E-state index in [1.807, 2.05) is 0 Å². The topological polar surface area (TPSA) is 69.6 Å². The molecular weight excluding hydrogens is 299 g/mol. The predicted molar refractivity (Wildman–Crippen MR) is 82.7 cm³/mol. The molecule has 2 N–H and O–H groups in total. The Balaban J connectivity index is 1.87. The summed E-state index contributed by atoms with van der Waals surface area (Å²) in [6.45, 7) is 2.42. The molecule has 1 aromatic carbocycles. The number of rotatable bonds is 3. The number of hydrogen-bond donors (Lipinski definition) is 2. The van der Waals surface area contributed by atoms with E-state index in [0.29, 0.717) is 13.0 Å². The number of likely N-dealkylation sites (tertiary alicyclic amines) is 1. The second-order valence-corrected chi connectivity index (χ2v) is 6.51. The average Bonchev–Trinajstić information content (AvgIpc) is 3.30. The molecular formula is C17H21FN2O3. The van der Waals surface area contributed by atoms with Crippen molar-refractivity contribution in [3.63, 3.8) is 0 Å². The lowest BCUT2D eigenvalue weighted by Gasteiger charge is -2.37. The number of amides is 2. The lowest BCUT2D eigenvalue weighted by Crippen LogP contribution is -2.47. The van der Waals surface area contributed by atoms with E-state index >= 15 is 0 Å². The average molecular weight is 320 g/mol. The Labute approximate surface area is 134 Å². The molecule has 0 radical (unpaired) electrons. The molecule has 2 atom stereocenters. The van der Waals surface area contributed by atoms with Crippen LogP contribution < -0.4 is 5.32 Å². The number of nitrogens with zero attached hydrogens (tertiary/aromatic N) is 1. The summed E-state index contributed by atoms with van der Waals surface area (Å²) in [6, 6.07) is 4.76. The second-order valence-electron chi connectivity index (χ2n) is 6.51. The van der Waals surface area contributed by atoms with Gasteiger partial charge in [-0.3, -0.25) is 4.79 Å². The van der Waals surface area contributed by atoms with Gasteiger partial charge in [-0.25, -0.2) is 9.18 Å². The van der Waals surface area contributed by atoms with Crippen LogP contribution in [0.2, 0.25) is 0 Å². The fourth-order valence-electron chi connectivity index (χ4n) is 3.35. The van der Waals surface area contributed by atoms with Crippen LogP contribution in [0.5, 0.6) is 0 Å². The number of carboxylic acid groups (broad SMARTS) is 1. The third-order valence-corrected chi connectivity index (χ3v) is 4.78. The monoisotopic (exact) mass is 320 g/mol. The fourth-order valence-corrected chi connectivity index (χ4v) is 3.35. The minimum atomic E-state index is -0.976. The summed E-state index contributed by atoms with van der Waals surface area (Å²) >= 11 is 0. The van der Waals surface area contributed by atoms with Crippen molar-refractivity contribution in [2.45, 2.75) is 38.1 Å². The zero-order valence-electron chi connectivity index (χ0n) is 13.1. The Kier molecular flexibility index (Phi) is 4.24. The van der Waals surface area contributed by atoms with E-state index in [-0.39, 0.29) is 36.1 Å². The summed E-state index contributed by atoms with van der Waals surface area (Å²) in [5, 5.41) is 12.3. The third kappa shape index (κ3) is 3.46. The molecule has 124 valence electrons. The molecule has 1 saturated carbocycles. The van der Waals surface area contributed by atoms with Crippen molar-refractivity contribution < 1.29 is 19.1 Å². The van der Waals surface area contributed by atoms with Gasteiger partial charge < -0.3 is 15.3 Å². The summed E-state index contributed by atoms with van der Waals surface area (Å²) in [6.07, 6.45) is 1.54. The number of piperidine rings is 1. The number of carbonyl (C=O) groups is 2. The van der Waals surface area contributed by atoms with Gasteiger partial charge in [0.05, 0.1) is 0 Å². The van der Waals surface area contributed by atoms with E-state index in [1.54, 1.807) is 13.0 Å². The second kappa shape index (κ2) is 6.18. The number of hydrogen-bond acceptors (Lipinski definition) is 2. The summed E-state index contributed by atoms with van der Waals surface area (Å²) in [5.41, 5.74) is 1.61. The number of carbonyl (C=O) groups excluding carboxylic acids is 1. The normalized spacial score (nSPS) is 24.3. The molecule has 3 rings (SSSR count). The summed E-state index contributed by atoms with van der Waals surface area (Å²) in [5.74, 6) is -0.836. The highest BCUT2D eigenvalue weighted by molar-refractivity contribution is 5.81. The summed E-state index contributed by atoms with van der Waals surface area (Å²) in [4.78, 5) is 25.2. The van der Waals surface area contributed by atoms with Gasteiger partial charge in [0.15, 0.2) is 0 Å². The zero-order valence-corrected chi connectivity index (χ0v) is 13.1. The van der Waals surface area contributed by atoms with Crippen molar-refractivity contribution in [3.8, 4) is 0 Å². The highest BCUT2D eigenvalue weighted by Crippen LogP contribution is 2.35. The van der Waals surface area contributed by atoms with Crippen LogP contribution in [0, 0.1) is 18.7 Å². The summed E-state index contributed by atoms with van der Waals surface area (Å²) in [7, 11) is 0. The van der Waals surface area contributed by atoms with E-state index in [1.165, 1.54) is 17.0 Å². The minimum absolute atomic E-state index is 0.00809. The van der Waals surface area contributed by atoms with Crippen LogP contribution in [0.25, 0.3) is 0 Å². The molecule has 0 spiro atoms. The van der Waals surface area contributed by atoms with Gasteiger partial charge in [-0.15, -0.1) is 0 Å². The molecule has 1 aliphatic carbocycles. The highest BCUT2D eigenvalue weighted by atomic mass is 19.1. The molecule has 5 nitrogen and oxygen atoms in total. The first-order valence-electron chi connectivity index (χ1n) is 8.00. The van der Waals surface area contributed by atoms with Crippen molar-refractivity contribution >= 4 is 12.0 Å². The smallest absolute Gasteiger partial charge is 0.407 e. The van der Waals surface area contributed by atoms with Gasteiger partial charge in [0.1, 0.15) is 5.82 Å². The third-order valence-electron chi connectivity index (χ3n) is 4.78. The number of aryl methyl sites for hydroxylation is 1. The maximum Gasteiger partial charge on any atom is 0.407 e. The first kappa shape index (κ1) is 15.8. The highest BCUT2D eigenvalue weighted by Gasteiger charge is 2.38. The van der Waals surface area contributed by atoms with Crippen molar-refractivity contribution in [2.24, 2.45) is 5.92 Å². The van der Waals surface area contributed by atoms with Gasteiger partial charge in [0.25, 0.3) is 0 Å². The zero-order chi connectivity index (χ0) is 16.6. The minimum Gasteiger partial charge on any atom is -0.465 e. The van der Waals surface area contributed by atoms with Gasteiger partial charge in [-0.2, -0.15) is 0 Å². The van der Waals surface area contributed by atoms with E-state index < -0.39 is 6.09 Å². The first-order valence-corrected chi connectivity index (χ1v) is 8.00. The van der Waals surface area contributed by atoms with Crippen molar-refractivity contribution in [3.05, 3.63) is 35.1 Å². The van der Waals surface area contributed by atoms with Gasteiger partial charge in [-0.05, 0) is 49.4 Å². The van der Waals surface area contributed by atoms with Crippen LogP contribution in [0.15, 0.2) is 18.2 Å². The number of nitrogens with one attached hydrogen (secondary N) is 1.